The topological polar surface area (TPSA) is 57.5 Å². The first-order valence-corrected chi connectivity index (χ1v) is 13.8. The highest BCUT2D eigenvalue weighted by atomic mass is 16.3. The van der Waals surface area contributed by atoms with E-state index in [0.717, 1.165) is 25.7 Å². The van der Waals surface area contributed by atoms with Crippen molar-refractivity contribution >= 4 is 5.78 Å². The molecule has 0 heterocycles. The number of Topliss-reactive ketones (excluding diaryl/α,β-unsaturated/α-hetero) is 1. The van der Waals surface area contributed by atoms with Crippen LogP contribution in [0.3, 0.4) is 0 Å². The number of fused-ring (bicyclic) bond motifs is 6. The van der Waals surface area contributed by atoms with Crippen molar-refractivity contribution in [2.24, 2.45) is 50.7 Å². The number of aliphatic hydroxyl groups is 2. The third-order valence-electron chi connectivity index (χ3n) is 12.5. The maximum Gasteiger partial charge on any atom is 0.141 e. The van der Waals surface area contributed by atoms with Crippen molar-refractivity contribution in [1.82, 2.24) is 0 Å². The van der Waals surface area contributed by atoms with E-state index in [-0.39, 0.29) is 45.2 Å². The molecular formula is C30H48O3. The number of carbonyl (C=O) groups is 1. The summed E-state index contributed by atoms with van der Waals surface area (Å²) in [5.41, 5.74) is 1.38. The standard InChI is InChI=1S/C30H48O3/c1-26(2)21-10-13-28(5)17-18-16-20(31)25-27(3,4)24(33)11-14-29(25,6)19(18)8-9-22(28)30(21,7)15-12-23(26)32/h17,19,21-25,32-33H,8-16H2,1-7H3/t19-,21-,22-,23-,24-,25-,28-,29+,30-/m0/s1. The summed E-state index contributed by atoms with van der Waals surface area (Å²) in [6.07, 6.45) is 11.2. The normalized spacial score (nSPS) is 53.0. The fourth-order valence-corrected chi connectivity index (χ4v) is 10.8. The van der Waals surface area contributed by atoms with Crippen LogP contribution in [0.1, 0.15) is 106 Å². The molecule has 5 aliphatic rings. The molecule has 5 rings (SSSR count). The Morgan fingerprint density at radius 3 is 2.00 bits per heavy atom. The molecule has 5 aliphatic carbocycles. The Hall–Kier alpha value is -0.670. The van der Waals surface area contributed by atoms with Crippen molar-refractivity contribution in [3.8, 4) is 0 Å². The minimum Gasteiger partial charge on any atom is -0.393 e. The molecule has 3 heteroatoms. The summed E-state index contributed by atoms with van der Waals surface area (Å²) in [5, 5.41) is 21.7. The molecule has 0 aromatic heterocycles. The van der Waals surface area contributed by atoms with Crippen molar-refractivity contribution in [3.63, 3.8) is 0 Å². The molecule has 0 aromatic rings. The van der Waals surface area contributed by atoms with Crippen LogP contribution in [-0.4, -0.2) is 28.2 Å². The number of allylic oxidation sites excluding steroid dienone is 2. The van der Waals surface area contributed by atoms with Crippen LogP contribution in [0.5, 0.6) is 0 Å². The molecule has 0 spiro atoms. The second-order valence-corrected chi connectivity index (χ2v) is 14.8. The molecule has 0 unspecified atom stereocenters. The van der Waals surface area contributed by atoms with Crippen LogP contribution in [0.2, 0.25) is 0 Å². The van der Waals surface area contributed by atoms with Crippen molar-refractivity contribution in [2.75, 3.05) is 0 Å². The molecule has 0 aliphatic heterocycles. The molecule has 0 bridgehead atoms. The predicted molar refractivity (Wildman–Crippen MR) is 132 cm³/mol. The lowest BCUT2D eigenvalue weighted by atomic mass is 9.42. The Morgan fingerprint density at radius 2 is 1.33 bits per heavy atom. The molecular weight excluding hydrogens is 408 g/mol. The Morgan fingerprint density at radius 1 is 0.727 bits per heavy atom. The first kappa shape index (κ1) is 24.0. The molecule has 4 fully saturated rings. The maximum absolute atomic E-state index is 13.7. The van der Waals surface area contributed by atoms with E-state index in [4.69, 9.17) is 0 Å². The summed E-state index contributed by atoms with van der Waals surface area (Å²) in [5.74, 6) is 1.94. The predicted octanol–water partition coefficient (Wildman–Crippen LogP) is 6.32. The smallest absolute Gasteiger partial charge is 0.141 e. The first-order chi connectivity index (χ1) is 15.2. The van der Waals surface area contributed by atoms with E-state index in [2.05, 4.69) is 54.5 Å². The molecule has 0 radical (unpaired) electrons. The summed E-state index contributed by atoms with van der Waals surface area (Å²) in [6, 6.07) is 0. The number of hydrogen-bond donors (Lipinski definition) is 2. The number of hydrogen-bond acceptors (Lipinski definition) is 3. The van der Waals surface area contributed by atoms with E-state index in [1.54, 1.807) is 0 Å². The highest BCUT2D eigenvalue weighted by Gasteiger charge is 2.63. The Kier molecular flexibility index (Phi) is 5.24. The van der Waals surface area contributed by atoms with Gasteiger partial charge in [0.15, 0.2) is 0 Å². The van der Waals surface area contributed by atoms with Crippen molar-refractivity contribution < 1.29 is 15.0 Å². The first-order valence-electron chi connectivity index (χ1n) is 13.8. The van der Waals surface area contributed by atoms with Gasteiger partial charge in [-0.25, -0.2) is 0 Å². The Bertz CT molecular complexity index is 870. The van der Waals surface area contributed by atoms with Gasteiger partial charge in [0.1, 0.15) is 5.78 Å². The lowest BCUT2D eigenvalue weighted by Gasteiger charge is -2.63. The van der Waals surface area contributed by atoms with Gasteiger partial charge in [0.25, 0.3) is 0 Å². The van der Waals surface area contributed by atoms with Crippen molar-refractivity contribution in [2.45, 2.75) is 118 Å². The fourth-order valence-electron chi connectivity index (χ4n) is 10.8. The van der Waals surface area contributed by atoms with Gasteiger partial charge in [-0.05, 0) is 90.8 Å². The van der Waals surface area contributed by atoms with Crippen LogP contribution in [0.4, 0.5) is 0 Å². The fraction of sp³-hybridized carbons (Fsp3) is 0.900. The van der Waals surface area contributed by atoms with Crippen LogP contribution in [0.25, 0.3) is 0 Å². The number of aliphatic hydroxyl groups excluding tert-OH is 2. The van der Waals surface area contributed by atoms with E-state index in [1.807, 2.05) is 0 Å². The summed E-state index contributed by atoms with van der Waals surface area (Å²) < 4.78 is 0. The Labute approximate surface area is 201 Å². The zero-order valence-electron chi connectivity index (χ0n) is 22.2. The summed E-state index contributed by atoms with van der Waals surface area (Å²) in [6.45, 7) is 16.3. The molecule has 0 amide bonds. The molecule has 186 valence electrons. The van der Waals surface area contributed by atoms with Gasteiger partial charge in [-0.1, -0.05) is 60.1 Å². The zero-order valence-corrected chi connectivity index (χ0v) is 22.2. The number of rotatable bonds is 0. The van der Waals surface area contributed by atoms with Gasteiger partial charge < -0.3 is 10.2 Å². The van der Waals surface area contributed by atoms with E-state index < -0.39 is 0 Å². The lowest BCUT2D eigenvalue weighted by Crippen LogP contribution is -2.58. The van der Waals surface area contributed by atoms with E-state index in [0.29, 0.717) is 30.0 Å². The van der Waals surface area contributed by atoms with Gasteiger partial charge in [-0.15, -0.1) is 0 Å². The van der Waals surface area contributed by atoms with Gasteiger partial charge in [0, 0.05) is 17.8 Å². The highest BCUT2D eigenvalue weighted by molar-refractivity contribution is 5.87. The Balaban J connectivity index is 1.55. The number of ketones is 1. The van der Waals surface area contributed by atoms with E-state index in [9.17, 15) is 15.0 Å². The highest BCUT2D eigenvalue weighted by Crippen LogP contribution is 2.69. The van der Waals surface area contributed by atoms with Crippen LogP contribution in [-0.2, 0) is 4.79 Å². The third kappa shape index (κ3) is 3.09. The van der Waals surface area contributed by atoms with Crippen molar-refractivity contribution in [1.29, 1.82) is 0 Å². The van der Waals surface area contributed by atoms with Crippen molar-refractivity contribution in [3.05, 3.63) is 11.6 Å². The molecule has 33 heavy (non-hydrogen) atoms. The molecule has 0 aromatic carbocycles. The van der Waals surface area contributed by atoms with Gasteiger partial charge >= 0.3 is 0 Å². The quantitative estimate of drug-likeness (QED) is 0.419. The van der Waals surface area contributed by atoms with E-state index in [1.165, 1.54) is 31.3 Å². The average molecular weight is 457 g/mol. The summed E-state index contributed by atoms with van der Waals surface area (Å²) >= 11 is 0. The van der Waals surface area contributed by atoms with E-state index >= 15 is 0 Å². The molecule has 2 N–H and O–H groups in total. The minimum absolute atomic E-state index is 0.0306. The SMILES string of the molecule is CC1(C)[C@@H](O)CC[C@]2(C)[C@H]3CC[C@H]4C(=C[C@]3(C)CC[C@@H]12)CC(=O)[C@H]1C(C)(C)[C@@H](O)CC[C@]41C. The van der Waals surface area contributed by atoms with Crippen LogP contribution < -0.4 is 0 Å². The molecule has 9 atom stereocenters. The molecule has 0 saturated heterocycles. The average Bonchev–Trinajstić information content (AvgIpc) is 2.85. The van der Waals surface area contributed by atoms with Gasteiger partial charge in [-0.3, -0.25) is 4.79 Å². The second kappa shape index (κ2) is 7.19. The minimum atomic E-state index is -0.383. The van der Waals surface area contributed by atoms with Crippen LogP contribution in [0.15, 0.2) is 11.6 Å². The molecule has 3 nitrogen and oxygen atoms in total. The summed E-state index contributed by atoms with van der Waals surface area (Å²) in [7, 11) is 0. The lowest BCUT2D eigenvalue weighted by molar-refractivity contribution is -0.165. The van der Waals surface area contributed by atoms with Crippen LogP contribution >= 0.6 is 0 Å². The van der Waals surface area contributed by atoms with Gasteiger partial charge in [0.2, 0.25) is 0 Å². The summed E-state index contributed by atoms with van der Waals surface area (Å²) in [4.78, 5) is 13.7. The third-order valence-corrected chi connectivity index (χ3v) is 12.5. The van der Waals surface area contributed by atoms with Gasteiger partial charge in [-0.2, -0.15) is 0 Å². The second-order valence-electron chi connectivity index (χ2n) is 14.8. The molecule has 4 saturated carbocycles. The number of carbonyl (C=O) groups excluding carboxylic acids is 1. The maximum atomic E-state index is 13.7. The monoisotopic (exact) mass is 456 g/mol. The zero-order chi connectivity index (χ0) is 24.2. The largest absolute Gasteiger partial charge is 0.393 e. The van der Waals surface area contributed by atoms with Crippen LogP contribution in [0, 0.1) is 50.7 Å². The van der Waals surface area contributed by atoms with Gasteiger partial charge in [0.05, 0.1) is 12.2 Å².